The quantitative estimate of drug-likeness (QED) is 0.114. The molecular weight excluding hydrogens is 1530 g/mol. The van der Waals surface area contributed by atoms with Crippen molar-refractivity contribution in [3.8, 4) is 90.5 Å². The van der Waals surface area contributed by atoms with Crippen LogP contribution in [-0.4, -0.2) is 0 Å². The largest absolute Gasteiger partial charge is 0.449 e. The summed E-state index contributed by atoms with van der Waals surface area (Å²) in [5.41, 5.74) is 21.9. The molecule has 0 saturated carbocycles. The normalized spacial score (nSPS) is 14.6. The highest BCUT2D eigenvalue weighted by atomic mass is 19.1. The summed E-state index contributed by atoms with van der Waals surface area (Å²) in [6.45, 7) is 0. The number of benzene rings is 21. The van der Waals surface area contributed by atoms with Crippen LogP contribution in [-0.2, 0) is 10.8 Å². The van der Waals surface area contributed by atoms with Gasteiger partial charge in [0.15, 0.2) is 46.0 Å². The fourth-order valence-electron chi connectivity index (χ4n) is 20.2. The van der Waals surface area contributed by atoms with Crippen LogP contribution in [0.4, 0.5) is 38.5 Å². The van der Waals surface area contributed by atoms with Crippen molar-refractivity contribution in [1.29, 1.82) is 0 Å². The van der Waals surface area contributed by atoms with E-state index in [9.17, 15) is 0 Å². The van der Waals surface area contributed by atoms with Gasteiger partial charge in [-0.2, -0.15) is 0 Å². The number of rotatable bonds is 12. The number of ether oxygens (including phenoxy) is 4. The second kappa shape index (κ2) is 29.5. The van der Waals surface area contributed by atoms with Crippen LogP contribution in [0.25, 0.3) is 98.4 Å². The minimum absolute atomic E-state index is 0.278. The highest BCUT2D eigenvalue weighted by molar-refractivity contribution is 6.13. The molecule has 2 aliphatic carbocycles. The van der Waals surface area contributed by atoms with Crippen molar-refractivity contribution in [1.82, 2.24) is 0 Å². The molecule has 6 nitrogen and oxygen atoms in total. The van der Waals surface area contributed by atoms with Gasteiger partial charge in [-0.05, 0) is 254 Å². The molecule has 2 atom stereocenters. The van der Waals surface area contributed by atoms with Crippen LogP contribution in [0.2, 0.25) is 0 Å². The summed E-state index contributed by atoms with van der Waals surface area (Å²) in [5, 5.41) is 12.2. The monoisotopic (exact) mass is 1600 g/mol. The predicted octanol–water partition coefficient (Wildman–Crippen LogP) is 32.1. The van der Waals surface area contributed by atoms with E-state index >= 15 is 4.39 Å². The summed E-state index contributed by atoms with van der Waals surface area (Å²) in [7, 11) is 0. The lowest BCUT2D eigenvalue weighted by molar-refractivity contribution is 0.360. The molecule has 0 aromatic heterocycles. The van der Waals surface area contributed by atoms with Gasteiger partial charge in [-0.3, -0.25) is 0 Å². The lowest BCUT2D eigenvalue weighted by atomic mass is 9.67. The second-order valence-corrected chi connectivity index (χ2v) is 32.5. The molecule has 2 heterocycles. The van der Waals surface area contributed by atoms with Crippen LogP contribution in [0.1, 0.15) is 44.5 Å². The van der Waals surface area contributed by atoms with Crippen molar-refractivity contribution in [2.75, 3.05) is 9.80 Å². The Labute approximate surface area is 723 Å². The summed E-state index contributed by atoms with van der Waals surface area (Å²) in [5.74, 6) is 5.23. The van der Waals surface area contributed by atoms with Gasteiger partial charge in [0.05, 0.1) is 10.8 Å². The lowest BCUT2D eigenvalue weighted by Gasteiger charge is -2.35. The van der Waals surface area contributed by atoms with Crippen LogP contribution in [0.5, 0.6) is 46.0 Å². The summed E-state index contributed by atoms with van der Waals surface area (Å²) in [6.07, 6.45) is 0. The van der Waals surface area contributed by atoms with E-state index in [1.807, 2.05) is 84.9 Å². The molecule has 0 N–H and O–H groups in total. The first-order valence-corrected chi connectivity index (χ1v) is 42.5. The highest BCUT2D eigenvalue weighted by Crippen LogP contribution is 2.65. The SMILES string of the molecule is Fc1ccccc1C1(c2ccc(N(c3ccccc3)c3ccc(-c4c5ccccc5cc5ccccc45)cc3)cc2)c2ccccc2-c2c1ccc1c2Oc2ccccc2O1.c1ccc(C2(c3ccc(-c4ccc5cc(N(c6ccc7ccccc7c6)c6ccc7ccccc7c6)ccc5c4)cc3)c3ccccc3-c3c2ccc2c3Oc3ccccc3O2)cc1. The zero-order chi connectivity index (χ0) is 82.7. The van der Waals surface area contributed by atoms with E-state index in [1.54, 1.807) is 12.1 Å². The van der Waals surface area contributed by atoms with Gasteiger partial charge in [-0.25, -0.2) is 4.39 Å². The highest BCUT2D eigenvalue weighted by Gasteiger charge is 2.51. The van der Waals surface area contributed by atoms with Crippen molar-refractivity contribution < 1.29 is 23.3 Å². The van der Waals surface area contributed by atoms with Crippen molar-refractivity contribution in [2.45, 2.75) is 10.8 Å². The van der Waals surface area contributed by atoms with Crippen molar-refractivity contribution in [3.63, 3.8) is 0 Å². The topological polar surface area (TPSA) is 43.4 Å². The molecular formula is C118H75FN2O4. The Bertz CT molecular complexity index is 7760. The van der Waals surface area contributed by atoms with Gasteiger partial charge in [-0.15, -0.1) is 0 Å². The summed E-state index contributed by atoms with van der Waals surface area (Å²) < 4.78 is 42.9. The number of anilines is 6. The molecule has 2 unspecified atom stereocenters. The molecule has 588 valence electrons. The first-order valence-electron chi connectivity index (χ1n) is 42.5. The molecule has 4 aliphatic rings. The van der Waals surface area contributed by atoms with E-state index in [2.05, 4.69) is 368 Å². The van der Waals surface area contributed by atoms with Crippen molar-refractivity contribution in [2.24, 2.45) is 0 Å². The molecule has 7 heteroatoms. The molecule has 0 spiro atoms. The Balaban J connectivity index is 0.000000140. The van der Waals surface area contributed by atoms with E-state index in [-0.39, 0.29) is 5.82 Å². The van der Waals surface area contributed by atoms with Crippen molar-refractivity contribution >= 4 is 88.0 Å². The molecule has 21 aromatic carbocycles. The number of halogens is 1. The van der Waals surface area contributed by atoms with Gasteiger partial charge in [0, 0.05) is 50.8 Å². The van der Waals surface area contributed by atoms with Crippen molar-refractivity contribution in [3.05, 3.63) is 505 Å². The Morgan fingerprint density at radius 2 is 0.544 bits per heavy atom. The van der Waals surface area contributed by atoms with Gasteiger partial charge in [0.25, 0.3) is 0 Å². The zero-order valence-electron chi connectivity index (χ0n) is 67.7. The van der Waals surface area contributed by atoms with E-state index in [0.29, 0.717) is 28.6 Å². The molecule has 0 saturated heterocycles. The Kier molecular flexibility index (Phi) is 17.2. The molecule has 0 bridgehead atoms. The summed E-state index contributed by atoms with van der Waals surface area (Å²) >= 11 is 0. The van der Waals surface area contributed by atoms with Crippen LogP contribution in [0.15, 0.2) is 455 Å². The molecule has 0 radical (unpaired) electrons. The average molecular weight is 1600 g/mol. The lowest BCUT2D eigenvalue weighted by Crippen LogP contribution is -2.30. The summed E-state index contributed by atoms with van der Waals surface area (Å²) in [6, 6.07) is 160. The van der Waals surface area contributed by atoms with Gasteiger partial charge in [-0.1, -0.05) is 328 Å². The zero-order valence-corrected chi connectivity index (χ0v) is 67.7. The third-order valence-corrected chi connectivity index (χ3v) is 25.8. The van der Waals surface area contributed by atoms with Gasteiger partial charge in [0.1, 0.15) is 5.82 Å². The van der Waals surface area contributed by atoms with Crippen LogP contribution in [0, 0.1) is 5.82 Å². The van der Waals surface area contributed by atoms with E-state index in [0.717, 1.165) is 107 Å². The van der Waals surface area contributed by atoms with Crippen LogP contribution < -0.4 is 28.7 Å². The molecule has 2 aliphatic heterocycles. The maximum atomic E-state index is 16.6. The number of hydrogen-bond donors (Lipinski definition) is 0. The van der Waals surface area contributed by atoms with Crippen LogP contribution in [0.3, 0.4) is 0 Å². The van der Waals surface area contributed by atoms with Gasteiger partial charge >= 0.3 is 0 Å². The average Bonchev–Trinajstić information content (AvgIpc) is 1.53. The number of fused-ring (bicyclic) bond motifs is 17. The number of para-hydroxylation sites is 5. The molecule has 125 heavy (non-hydrogen) atoms. The van der Waals surface area contributed by atoms with Gasteiger partial charge in [0.2, 0.25) is 0 Å². The first kappa shape index (κ1) is 72.6. The third-order valence-electron chi connectivity index (χ3n) is 25.8. The fraction of sp³-hybridized carbons (Fsp3) is 0.0169. The third kappa shape index (κ3) is 11.8. The van der Waals surface area contributed by atoms with Gasteiger partial charge < -0.3 is 28.7 Å². The Morgan fingerprint density at radius 1 is 0.192 bits per heavy atom. The minimum atomic E-state index is -0.994. The van der Waals surface area contributed by atoms with E-state index < -0.39 is 10.8 Å². The maximum absolute atomic E-state index is 16.6. The number of nitrogens with zero attached hydrogens (tertiary/aromatic N) is 2. The Morgan fingerprint density at radius 3 is 1.10 bits per heavy atom. The molecule has 25 rings (SSSR count). The minimum Gasteiger partial charge on any atom is -0.449 e. The fourth-order valence-corrected chi connectivity index (χ4v) is 20.2. The Hall–Kier alpha value is -16.4. The molecule has 21 aromatic rings. The smallest absolute Gasteiger partial charge is 0.178 e. The predicted molar refractivity (Wildman–Crippen MR) is 508 cm³/mol. The standard InChI is InChI=1S/C61H39NO2.C57H36FNO2/c1-2-16-48(17-3-1)61(54-19-9-8-18-53(54)59-55(61)34-35-58-60(59)64-57-21-11-10-20-56(57)63-58)49-29-24-42(25-30-49)45-22-23-47-39-52(33-28-46(47)36-45)62(50-31-26-40-12-4-6-14-43(40)37-50)51-32-27-41-13-5-7-15-44(41)38-51;58-50-23-11-10-22-48(50)57(47-21-9-8-20-46(47)55-49(57)34-35-53-56(55)61-52-25-13-12-24-51(52)60-53)40-28-32-43(33-29-40)59(41-16-2-1-3-17-41)42-30-26-37(27-31-42)54-44-18-6-4-14-38(44)36-39-15-5-7-19-45(39)54/h1-39H;1-36H. The van der Waals surface area contributed by atoms with E-state index in [1.165, 1.54) is 87.2 Å². The maximum Gasteiger partial charge on any atom is 0.178 e. The van der Waals surface area contributed by atoms with E-state index in [4.69, 9.17) is 18.9 Å². The van der Waals surface area contributed by atoms with Crippen LogP contribution >= 0.6 is 0 Å². The summed E-state index contributed by atoms with van der Waals surface area (Å²) in [4.78, 5) is 4.65. The first-order chi connectivity index (χ1) is 61.8. The molecule has 0 amide bonds. The second-order valence-electron chi connectivity index (χ2n) is 32.5. The molecule has 0 fully saturated rings. The number of hydrogen-bond acceptors (Lipinski definition) is 6.